The van der Waals surface area contributed by atoms with Gasteiger partial charge in [0.1, 0.15) is 11.4 Å². The van der Waals surface area contributed by atoms with Gasteiger partial charge in [0.2, 0.25) is 0 Å². The molecule has 0 unspecified atom stereocenters. The first-order valence-corrected chi connectivity index (χ1v) is 10.7. The summed E-state index contributed by atoms with van der Waals surface area (Å²) in [6.07, 6.45) is -0.580. The highest BCUT2D eigenvalue weighted by Crippen LogP contribution is 2.23. The summed E-state index contributed by atoms with van der Waals surface area (Å²) >= 11 is 0. The highest BCUT2D eigenvalue weighted by Gasteiger charge is 2.23. The first-order chi connectivity index (χ1) is 15.9. The lowest BCUT2D eigenvalue weighted by Crippen LogP contribution is -2.48. The van der Waals surface area contributed by atoms with Crippen LogP contribution in [0, 0.1) is 5.82 Å². The zero-order chi connectivity index (χ0) is 23.4. The largest absolute Gasteiger partial charge is 0.450 e. The molecular weight excluding hydrogens is 429 g/mol. The molecule has 1 aromatic heterocycles. The number of hydrogen-bond donors (Lipinski definition) is 1. The van der Waals surface area contributed by atoms with Crippen LogP contribution in [0.4, 0.5) is 14.9 Å². The summed E-state index contributed by atoms with van der Waals surface area (Å²) in [4.78, 5) is 40.3. The van der Waals surface area contributed by atoms with Crippen LogP contribution < -0.4 is 10.9 Å². The van der Waals surface area contributed by atoms with Gasteiger partial charge in [-0.3, -0.25) is 15.0 Å². The Hall–Kier alpha value is -3.72. The minimum atomic E-state index is -0.580. The van der Waals surface area contributed by atoms with Crippen molar-refractivity contribution in [1.29, 1.82) is 0 Å². The van der Waals surface area contributed by atoms with Crippen molar-refractivity contribution in [3.05, 3.63) is 75.9 Å². The SMILES string of the molecule is CCOC(=O)Nc1ccc2c(CN3CCN(C(=O)c4ccc(F)cc4)CC3)cc(=O)oc2c1. The van der Waals surface area contributed by atoms with Gasteiger partial charge in [-0.25, -0.2) is 14.0 Å². The first-order valence-electron chi connectivity index (χ1n) is 10.7. The molecule has 1 aliphatic heterocycles. The summed E-state index contributed by atoms with van der Waals surface area (Å²) in [5.74, 6) is -0.498. The first kappa shape index (κ1) is 22.5. The molecule has 1 saturated heterocycles. The number of amides is 2. The van der Waals surface area contributed by atoms with E-state index in [9.17, 15) is 18.8 Å². The fourth-order valence-electron chi connectivity index (χ4n) is 3.85. The number of rotatable bonds is 5. The average molecular weight is 453 g/mol. The van der Waals surface area contributed by atoms with E-state index in [1.807, 2.05) is 0 Å². The smallest absolute Gasteiger partial charge is 0.411 e. The fraction of sp³-hybridized carbons (Fsp3) is 0.292. The summed E-state index contributed by atoms with van der Waals surface area (Å²) in [5, 5.41) is 3.37. The van der Waals surface area contributed by atoms with E-state index in [0.717, 1.165) is 10.9 Å². The van der Waals surface area contributed by atoms with Crippen molar-refractivity contribution in [2.45, 2.75) is 13.5 Å². The molecule has 2 amide bonds. The average Bonchev–Trinajstić information content (AvgIpc) is 2.79. The van der Waals surface area contributed by atoms with Crippen LogP contribution in [-0.2, 0) is 11.3 Å². The predicted molar refractivity (Wildman–Crippen MR) is 121 cm³/mol. The Morgan fingerprint density at radius 3 is 2.48 bits per heavy atom. The van der Waals surface area contributed by atoms with Crippen LogP contribution in [0.25, 0.3) is 11.0 Å². The molecule has 172 valence electrons. The van der Waals surface area contributed by atoms with Gasteiger partial charge in [0.05, 0.1) is 6.61 Å². The molecule has 2 heterocycles. The summed E-state index contributed by atoms with van der Waals surface area (Å²) < 4.78 is 23.3. The number of nitrogens with zero attached hydrogens (tertiary/aromatic N) is 2. The minimum absolute atomic E-state index is 0.123. The van der Waals surface area contributed by atoms with E-state index in [0.29, 0.717) is 49.6 Å². The summed E-state index contributed by atoms with van der Waals surface area (Å²) in [5.41, 5.74) is 1.63. The molecule has 8 nitrogen and oxygen atoms in total. The molecule has 1 N–H and O–H groups in total. The molecule has 0 aliphatic carbocycles. The Balaban J connectivity index is 1.43. The molecule has 3 aromatic rings. The zero-order valence-electron chi connectivity index (χ0n) is 18.2. The summed E-state index contributed by atoms with van der Waals surface area (Å²) in [6.45, 7) is 4.82. The molecule has 0 bridgehead atoms. The molecule has 0 spiro atoms. The zero-order valence-corrected chi connectivity index (χ0v) is 18.2. The minimum Gasteiger partial charge on any atom is -0.450 e. The van der Waals surface area contributed by atoms with Crippen LogP contribution in [0.2, 0.25) is 0 Å². The highest BCUT2D eigenvalue weighted by molar-refractivity contribution is 5.94. The third kappa shape index (κ3) is 5.38. The molecular formula is C24H24FN3O5. The number of carbonyl (C=O) groups excluding carboxylic acids is 2. The number of benzene rings is 2. The van der Waals surface area contributed by atoms with E-state index in [-0.39, 0.29) is 18.3 Å². The van der Waals surface area contributed by atoms with Gasteiger partial charge in [0, 0.05) is 61.5 Å². The van der Waals surface area contributed by atoms with Gasteiger partial charge in [0.25, 0.3) is 5.91 Å². The van der Waals surface area contributed by atoms with Crippen molar-refractivity contribution in [2.75, 3.05) is 38.1 Å². The number of nitrogens with one attached hydrogen (secondary N) is 1. The van der Waals surface area contributed by atoms with Gasteiger partial charge in [-0.2, -0.15) is 0 Å². The van der Waals surface area contributed by atoms with E-state index in [2.05, 4.69) is 10.2 Å². The van der Waals surface area contributed by atoms with Gasteiger partial charge in [-0.05, 0) is 48.9 Å². The Morgan fingerprint density at radius 1 is 1.06 bits per heavy atom. The second-order valence-corrected chi connectivity index (χ2v) is 7.72. The third-order valence-corrected chi connectivity index (χ3v) is 5.50. The van der Waals surface area contributed by atoms with Crippen LogP contribution in [-0.4, -0.2) is 54.6 Å². The monoisotopic (exact) mass is 453 g/mol. The summed E-state index contributed by atoms with van der Waals surface area (Å²) in [7, 11) is 0. The molecule has 1 fully saturated rings. The molecule has 0 saturated carbocycles. The standard InChI is InChI=1S/C24H24FN3O5/c1-2-32-24(31)26-19-7-8-20-17(13-22(29)33-21(20)14-19)15-27-9-11-28(12-10-27)23(30)16-3-5-18(25)6-4-16/h3-8,13-14H,2,9-12,15H2,1H3,(H,26,31). The number of hydrogen-bond acceptors (Lipinski definition) is 6. The normalized spacial score (nSPS) is 14.3. The van der Waals surface area contributed by atoms with Crippen LogP contribution in [0.3, 0.4) is 0 Å². The number of anilines is 1. The lowest BCUT2D eigenvalue weighted by Gasteiger charge is -2.35. The van der Waals surface area contributed by atoms with Crippen molar-refractivity contribution >= 4 is 28.7 Å². The van der Waals surface area contributed by atoms with Crippen LogP contribution in [0.1, 0.15) is 22.8 Å². The fourth-order valence-corrected chi connectivity index (χ4v) is 3.85. The summed E-state index contributed by atoms with van der Waals surface area (Å²) in [6, 6.07) is 12.1. The molecule has 1 aliphatic rings. The number of halogens is 1. The Labute approximate surface area is 189 Å². The Kier molecular flexibility index (Phi) is 6.69. The molecule has 0 radical (unpaired) electrons. The molecule has 33 heavy (non-hydrogen) atoms. The van der Waals surface area contributed by atoms with Crippen molar-refractivity contribution in [3.8, 4) is 0 Å². The van der Waals surface area contributed by atoms with E-state index in [1.54, 1.807) is 30.0 Å². The second-order valence-electron chi connectivity index (χ2n) is 7.72. The maximum absolute atomic E-state index is 13.1. The maximum atomic E-state index is 13.1. The number of fused-ring (bicyclic) bond motifs is 1. The number of ether oxygens (including phenoxy) is 1. The van der Waals surface area contributed by atoms with Gasteiger partial charge < -0.3 is 14.1 Å². The van der Waals surface area contributed by atoms with E-state index >= 15 is 0 Å². The quantitative estimate of drug-likeness (QED) is 0.595. The topological polar surface area (TPSA) is 92.1 Å². The van der Waals surface area contributed by atoms with Crippen molar-refractivity contribution in [1.82, 2.24) is 9.80 Å². The van der Waals surface area contributed by atoms with Crippen LogP contribution >= 0.6 is 0 Å². The maximum Gasteiger partial charge on any atom is 0.411 e. The van der Waals surface area contributed by atoms with Gasteiger partial charge >= 0.3 is 11.7 Å². The number of piperazine rings is 1. The molecule has 9 heteroatoms. The molecule has 0 atom stereocenters. The Morgan fingerprint density at radius 2 is 1.79 bits per heavy atom. The molecule has 2 aromatic carbocycles. The van der Waals surface area contributed by atoms with E-state index in [4.69, 9.17) is 9.15 Å². The predicted octanol–water partition coefficient (Wildman–Crippen LogP) is 3.46. The molecule has 4 rings (SSSR count). The lowest BCUT2D eigenvalue weighted by atomic mass is 10.1. The van der Waals surface area contributed by atoms with Crippen molar-refractivity contribution in [2.24, 2.45) is 0 Å². The lowest BCUT2D eigenvalue weighted by molar-refractivity contribution is 0.0628. The van der Waals surface area contributed by atoms with Crippen LogP contribution in [0.5, 0.6) is 0 Å². The van der Waals surface area contributed by atoms with Crippen molar-refractivity contribution < 1.29 is 23.1 Å². The van der Waals surface area contributed by atoms with E-state index in [1.165, 1.54) is 30.3 Å². The van der Waals surface area contributed by atoms with E-state index < -0.39 is 11.7 Å². The second kappa shape index (κ2) is 9.83. The van der Waals surface area contributed by atoms with Crippen LogP contribution in [0.15, 0.2) is 57.7 Å². The van der Waals surface area contributed by atoms with Crippen molar-refractivity contribution in [3.63, 3.8) is 0 Å². The Bertz CT molecular complexity index is 1220. The van der Waals surface area contributed by atoms with Gasteiger partial charge in [-0.15, -0.1) is 0 Å². The third-order valence-electron chi connectivity index (χ3n) is 5.50. The van der Waals surface area contributed by atoms with Gasteiger partial charge in [-0.1, -0.05) is 0 Å². The number of carbonyl (C=O) groups is 2. The highest BCUT2D eigenvalue weighted by atomic mass is 19.1. The van der Waals surface area contributed by atoms with Gasteiger partial charge in [0.15, 0.2) is 0 Å².